The summed E-state index contributed by atoms with van der Waals surface area (Å²) in [5, 5.41) is 20.7. The lowest BCUT2D eigenvalue weighted by Gasteiger charge is -2.27. The van der Waals surface area contributed by atoms with Gasteiger partial charge in [-0.25, -0.2) is 9.37 Å². The van der Waals surface area contributed by atoms with Crippen molar-refractivity contribution in [1.29, 1.82) is 0 Å². The highest BCUT2D eigenvalue weighted by Crippen LogP contribution is 2.30. The lowest BCUT2D eigenvalue weighted by atomic mass is 10.0. The van der Waals surface area contributed by atoms with Gasteiger partial charge in [0, 0.05) is 31.7 Å². The average molecular weight is 443 g/mol. The molecule has 1 saturated heterocycles. The lowest BCUT2D eigenvalue weighted by Crippen LogP contribution is -2.46. The van der Waals surface area contributed by atoms with Crippen molar-refractivity contribution in [3.8, 4) is 17.0 Å². The van der Waals surface area contributed by atoms with Crippen LogP contribution in [0.15, 0.2) is 54.6 Å². The molecule has 0 unspecified atom stereocenters. The molecule has 4 aromatic rings. The molecule has 0 atom stereocenters. The number of aromatic nitrogens is 3. The maximum Gasteiger partial charge on any atom is 0.254 e. The lowest BCUT2D eigenvalue weighted by molar-refractivity contribution is 0.0737. The largest absolute Gasteiger partial charge is 0.505 e. The Morgan fingerprint density at radius 3 is 2.61 bits per heavy atom. The van der Waals surface area contributed by atoms with Crippen LogP contribution < -0.4 is 5.32 Å². The third kappa shape index (κ3) is 4.20. The third-order valence-corrected chi connectivity index (χ3v) is 5.67. The predicted molar refractivity (Wildman–Crippen MR) is 125 cm³/mol. The van der Waals surface area contributed by atoms with Crippen LogP contribution in [0.1, 0.15) is 21.6 Å². The average Bonchev–Trinajstić information content (AvgIpc) is 3.27. The molecule has 5 rings (SSSR count). The second kappa shape index (κ2) is 8.84. The maximum absolute atomic E-state index is 14.0. The number of pyridine rings is 1. The molecule has 0 saturated carbocycles. The van der Waals surface area contributed by atoms with Crippen molar-refractivity contribution in [2.24, 2.45) is 0 Å². The maximum atomic E-state index is 14.0. The van der Waals surface area contributed by atoms with Gasteiger partial charge in [-0.1, -0.05) is 36.4 Å². The summed E-state index contributed by atoms with van der Waals surface area (Å²) >= 11 is 0. The van der Waals surface area contributed by atoms with E-state index in [9.17, 15) is 14.3 Å². The first-order valence-corrected chi connectivity index (χ1v) is 10.7. The SMILES string of the molecule is O=C(c1cc(-c2ccc(O)c(F)c2)nc2n[nH]c(C=Cc3ccccc3)c12)N1CCNCC1. The van der Waals surface area contributed by atoms with Gasteiger partial charge in [-0.2, -0.15) is 5.10 Å². The zero-order valence-corrected chi connectivity index (χ0v) is 17.8. The topological polar surface area (TPSA) is 94.1 Å². The first-order valence-electron chi connectivity index (χ1n) is 10.7. The third-order valence-electron chi connectivity index (χ3n) is 5.67. The van der Waals surface area contributed by atoms with E-state index in [0.29, 0.717) is 46.6 Å². The number of phenols is 1. The summed E-state index contributed by atoms with van der Waals surface area (Å²) in [5.41, 5.74) is 3.36. The number of nitrogens with zero attached hydrogens (tertiary/aromatic N) is 3. The van der Waals surface area contributed by atoms with Crippen molar-refractivity contribution < 1.29 is 14.3 Å². The smallest absolute Gasteiger partial charge is 0.254 e. The molecule has 0 aliphatic carbocycles. The van der Waals surface area contributed by atoms with Crippen LogP contribution in [0.2, 0.25) is 0 Å². The molecule has 1 amide bonds. The number of hydrogen-bond acceptors (Lipinski definition) is 5. The predicted octanol–water partition coefficient (Wildman–Crippen LogP) is 3.69. The van der Waals surface area contributed by atoms with Gasteiger partial charge in [0.1, 0.15) is 0 Å². The second-order valence-corrected chi connectivity index (χ2v) is 7.84. The fourth-order valence-electron chi connectivity index (χ4n) is 3.93. The van der Waals surface area contributed by atoms with Gasteiger partial charge in [0.15, 0.2) is 17.2 Å². The molecule has 0 radical (unpaired) electrons. The zero-order chi connectivity index (χ0) is 22.8. The number of hydrogen-bond donors (Lipinski definition) is 3. The van der Waals surface area contributed by atoms with Gasteiger partial charge in [0.2, 0.25) is 0 Å². The van der Waals surface area contributed by atoms with E-state index in [-0.39, 0.29) is 5.91 Å². The summed E-state index contributed by atoms with van der Waals surface area (Å²) in [5.74, 6) is -1.32. The number of rotatable bonds is 4. The Morgan fingerprint density at radius 1 is 1.06 bits per heavy atom. The van der Waals surface area contributed by atoms with Crippen LogP contribution in [0.25, 0.3) is 34.4 Å². The van der Waals surface area contributed by atoms with Gasteiger partial charge in [-0.05, 0) is 35.9 Å². The molecule has 33 heavy (non-hydrogen) atoms. The second-order valence-electron chi connectivity index (χ2n) is 7.84. The van der Waals surface area contributed by atoms with E-state index in [0.717, 1.165) is 18.7 Å². The van der Waals surface area contributed by atoms with E-state index in [2.05, 4.69) is 20.5 Å². The van der Waals surface area contributed by atoms with E-state index < -0.39 is 11.6 Å². The van der Waals surface area contributed by atoms with E-state index >= 15 is 0 Å². The van der Waals surface area contributed by atoms with Crippen LogP contribution >= 0.6 is 0 Å². The number of aromatic amines is 1. The summed E-state index contributed by atoms with van der Waals surface area (Å²) in [4.78, 5) is 19.9. The first-order chi connectivity index (χ1) is 16.1. The number of carbonyl (C=O) groups excluding carboxylic acids is 1. The summed E-state index contributed by atoms with van der Waals surface area (Å²) < 4.78 is 14.0. The van der Waals surface area contributed by atoms with Crippen LogP contribution in [0.5, 0.6) is 5.75 Å². The molecule has 3 N–H and O–H groups in total. The Kier molecular flexibility index (Phi) is 5.58. The highest BCUT2D eigenvalue weighted by molar-refractivity contribution is 6.09. The van der Waals surface area contributed by atoms with Crippen molar-refractivity contribution in [2.75, 3.05) is 26.2 Å². The normalized spacial score (nSPS) is 14.3. The summed E-state index contributed by atoms with van der Waals surface area (Å²) in [7, 11) is 0. The van der Waals surface area contributed by atoms with Crippen LogP contribution in [-0.2, 0) is 0 Å². The molecule has 1 aliphatic rings. The number of aromatic hydroxyl groups is 1. The molecule has 166 valence electrons. The fraction of sp³-hybridized carbons (Fsp3) is 0.160. The number of H-pyrrole nitrogens is 1. The molecular weight excluding hydrogens is 421 g/mol. The number of piperazine rings is 1. The zero-order valence-electron chi connectivity index (χ0n) is 17.8. The molecule has 8 heteroatoms. The number of benzene rings is 2. The van der Waals surface area contributed by atoms with E-state index in [4.69, 9.17) is 0 Å². The van der Waals surface area contributed by atoms with E-state index in [1.54, 1.807) is 17.0 Å². The molecule has 3 heterocycles. The Hall–Kier alpha value is -4.04. The Bertz CT molecular complexity index is 1340. The van der Waals surface area contributed by atoms with Crippen LogP contribution in [-0.4, -0.2) is 57.3 Å². The number of phenolic OH excluding ortho intramolecular Hbond substituents is 1. The van der Waals surface area contributed by atoms with Crippen molar-refractivity contribution in [1.82, 2.24) is 25.4 Å². The molecule has 2 aromatic heterocycles. The van der Waals surface area contributed by atoms with Crippen LogP contribution in [0, 0.1) is 5.82 Å². The minimum Gasteiger partial charge on any atom is -0.505 e. The number of halogens is 1. The van der Waals surface area contributed by atoms with E-state index in [1.165, 1.54) is 12.1 Å². The molecular formula is C25H22FN5O2. The fourth-order valence-corrected chi connectivity index (χ4v) is 3.93. The Labute approximate surface area is 189 Å². The Balaban J connectivity index is 1.64. The minimum absolute atomic E-state index is 0.125. The number of nitrogens with one attached hydrogen (secondary N) is 2. The van der Waals surface area contributed by atoms with E-state index in [1.807, 2.05) is 42.5 Å². The van der Waals surface area contributed by atoms with Crippen LogP contribution in [0.4, 0.5) is 4.39 Å². The highest BCUT2D eigenvalue weighted by Gasteiger charge is 2.24. The van der Waals surface area contributed by atoms with Gasteiger partial charge in [-0.3, -0.25) is 9.89 Å². The van der Waals surface area contributed by atoms with Gasteiger partial charge < -0.3 is 15.3 Å². The monoisotopic (exact) mass is 443 g/mol. The van der Waals surface area contributed by atoms with Gasteiger partial charge in [0.05, 0.1) is 22.3 Å². The first kappa shape index (κ1) is 20.8. The van der Waals surface area contributed by atoms with Crippen molar-refractivity contribution >= 4 is 29.1 Å². The summed E-state index contributed by atoms with van der Waals surface area (Å²) in [6.07, 6.45) is 3.82. The standard InChI is InChI=1S/C25H22FN5O2/c26-19-14-17(7-9-22(19)32)21-15-18(25(33)31-12-10-27-11-13-31)23-20(29-30-24(23)28-21)8-6-16-4-2-1-3-5-16/h1-9,14-15,27,32H,10-13H2,(H,28,29,30). The van der Waals surface area contributed by atoms with Crippen molar-refractivity contribution in [3.05, 3.63) is 77.2 Å². The number of carbonyl (C=O) groups is 1. The quantitative estimate of drug-likeness (QED) is 0.447. The van der Waals surface area contributed by atoms with Gasteiger partial charge in [-0.15, -0.1) is 0 Å². The molecule has 1 fully saturated rings. The highest BCUT2D eigenvalue weighted by atomic mass is 19.1. The molecule has 2 aromatic carbocycles. The summed E-state index contributed by atoms with van der Waals surface area (Å²) in [6.45, 7) is 2.64. The van der Waals surface area contributed by atoms with Gasteiger partial charge in [0.25, 0.3) is 5.91 Å². The molecule has 0 spiro atoms. The molecule has 7 nitrogen and oxygen atoms in total. The van der Waals surface area contributed by atoms with Crippen molar-refractivity contribution in [3.63, 3.8) is 0 Å². The number of amides is 1. The molecule has 0 bridgehead atoms. The van der Waals surface area contributed by atoms with Crippen LogP contribution in [0.3, 0.4) is 0 Å². The molecule has 1 aliphatic heterocycles. The minimum atomic E-state index is -0.752. The summed E-state index contributed by atoms with van der Waals surface area (Å²) in [6, 6.07) is 15.5. The Morgan fingerprint density at radius 2 is 1.85 bits per heavy atom. The number of fused-ring (bicyclic) bond motifs is 1. The van der Waals surface area contributed by atoms with Gasteiger partial charge >= 0.3 is 0 Å². The van der Waals surface area contributed by atoms with Crippen molar-refractivity contribution in [2.45, 2.75) is 0 Å².